The van der Waals surface area contributed by atoms with E-state index in [1.807, 2.05) is 0 Å². The van der Waals surface area contributed by atoms with Gasteiger partial charge in [-0.2, -0.15) is 0 Å². The number of hydrogen-bond acceptors (Lipinski definition) is 6. The molecular weight excluding hydrogens is 997 g/mol. The highest BCUT2D eigenvalue weighted by atomic mass is 16.6. The van der Waals surface area contributed by atoms with Crippen LogP contribution in [0.4, 0.5) is 0 Å². The van der Waals surface area contributed by atoms with E-state index in [-0.39, 0.29) is 31.1 Å². The van der Waals surface area contributed by atoms with Crippen LogP contribution in [0.15, 0.2) is 60.8 Å². The quantitative estimate of drug-likeness (QED) is 0.0261. The average molecular weight is 1130 g/mol. The monoisotopic (exact) mass is 1130 g/mol. The van der Waals surface area contributed by atoms with E-state index in [1.54, 1.807) is 0 Å². The van der Waals surface area contributed by atoms with Crippen LogP contribution < -0.4 is 0 Å². The lowest BCUT2D eigenvalue weighted by Crippen LogP contribution is -2.30. The summed E-state index contributed by atoms with van der Waals surface area (Å²) in [7, 11) is 0. The molecule has 0 radical (unpaired) electrons. The minimum Gasteiger partial charge on any atom is -0.462 e. The van der Waals surface area contributed by atoms with Crippen LogP contribution in [-0.2, 0) is 28.6 Å². The van der Waals surface area contributed by atoms with E-state index in [9.17, 15) is 14.4 Å². The maximum Gasteiger partial charge on any atom is 0.306 e. The highest BCUT2D eigenvalue weighted by Gasteiger charge is 2.19. The molecule has 0 aromatic carbocycles. The van der Waals surface area contributed by atoms with Gasteiger partial charge in [0.2, 0.25) is 0 Å². The first-order valence-electron chi connectivity index (χ1n) is 35.8. The predicted molar refractivity (Wildman–Crippen MR) is 353 cm³/mol. The van der Waals surface area contributed by atoms with Gasteiger partial charge in [0, 0.05) is 19.3 Å². The van der Waals surface area contributed by atoms with Crippen molar-refractivity contribution in [3.8, 4) is 0 Å². The number of hydrogen-bond donors (Lipinski definition) is 0. The second kappa shape index (κ2) is 69.6. The van der Waals surface area contributed by atoms with E-state index in [0.717, 1.165) is 89.9 Å². The summed E-state index contributed by atoms with van der Waals surface area (Å²) in [6, 6.07) is 0. The van der Waals surface area contributed by atoms with Gasteiger partial charge in [-0.25, -0.2) is 0 Å². The SMILES string of the molecule is CC/C=C\C/C=C\C/C=C\C/C=C\CCCCCCCCC(=O)OCC(COC(=O)CCCCCCCCCCCCC/C=C\CCCCCCCCCC)OC(=O)CCCCCCCCCCCCCCCCCCCCCCC. The van der Waals surface area contributed by atoms with Crippen molar-refractivity contribution in [1.82, 2.24) is 0 Å². The van der Waals surface area contributed by atoms with Gasteiger partial charge in [-0.05, 0) is 83.5 Å². The topological polar surface area (TPSA) is 78.9 Å². The van der Waals surface area contributed by atoms with Crippen LogP contribution in [0.5, 0.6) is 0 Å². The number of allylic oxidation sites excluding steroid dienone is 10. The van der Waals surface area contributed by atoms with Crippen molar-refractivity contribution < 1.29 is 28.6 Å². The summed E-state index contributed by atoms with van der Waals surface area (Å²) in [5, 5.41) is 0. The molecule has 0 aromatic heterocycles. The third-order valence-electron chi connectivity index (χ3n) is 16.0. The van der Waals surface area contributed by atoms with Gasteiger partial charge in [-0.15, -0.1) is 0 Å². The smallest absolute Gasteiger partial charge is 0.306 e. The van der Waals surface area contributed by atoms with Crippen LogP contribution >= 0.6 is 0 Å². The van der Waals surface area contributed by atoms with Crippen LogP contribution in [0.1, 0.15) is 380 Å². The average Bonchev–Trinajstić information content (AvgIpc) is 3.47. The van der Waals surface area contributed by atoms with Crippen LogP contribution in [0.3, 0.4) is 0 Å². The summed E-state index contributed by atoms with van der Waals surface area (Å²) < 4.78 is 17.0. The molecule has 0 rings (SSSR count). The number of esters is 3. The lowest BCUT2D eigenvalue weighted by molar-refractivity contribution is -0.167. The fourth-order valence-corrected chi connectivity index (χ4v) is 10.7. The van der Waals surface area contributed by atoms with E-state index in [0.29, 0.717) is 19.3 Å². The Kier molecular flexibility index (Phi) is 67.1. The molecule has 0 fully saturated rings. The molecule has 472 valence electrons. The predicted octanol–water partition coefficient (Wildman–Crippen LogP) is 24.7. The molecule has 0 saturated heterocycles. The second-order valence-electron chi connectivity index (χ2n) is 24.1. The van der Waals surface area contributed by atoms with Crippen molar-refractivity contribution in [2.24, 2.45) is 0 Å². The first kappa shape index (κ1) is 78.1. The molecule has 0 aliphatic heterocycles. The van der Waals surface area contributed by atoms with Gasteiger partial charge in [-0.3, -0.25) is 14.4 Å². The van der Waals surface area contributed by atoms with E-state index in [4.69, 9.17) is 14.2 Å². The van der Waals surface area contributed by atoms with Crippen LogP contribution in [0.25, 0.3) is 0 Å². The standard InChI is InChI=1S/C75H136O6/c1-4-7-10-13-16-19-22-25-28-31-34-36-37-39-41-44-47-50-53-56-59-62-65-68-74(77)80-71-72(70-79-73(76)67-64-61-58-55-52-49-46-43-40-33-30-27-24-21-18-15-12-9-6-3)81-75(78)69-66-63-60-57-54-51-48-45-42-38-35-32-29-26-23-20-17-14-11-8-5-2/h9,12,18,21,27,30-31,34,40,43,72H,4-8,10-11,13-17,19-20,22-26,28-29,32-33,35-39,41-42,44-71H2,1-3H3/b12-9-,21-18-,30-27-,34-31-,43-40-. The fraction of sp³-hybridized carbons (Fsp3) is 0.827. The zero-order valence-electron chi connectivity index (χ0n) is 54.3. The summed E-state index contributed by atoms with van der Waals surface area (Å²) in [5.41, 5.74) is 0. The Balaban J connectivity index is 4.34. The van der Waals surface area contributed by atoms with Crippen molar-refractivity contribution in [3.05, 3.63) is 60.8 Å². The van der Waals surface area contributed by atoms with E-state index in [2.05, 4.69) is 81.5 Å². The van der Waals surface area contributed by atoms with Crippen molar-refractivity contribution in [2.75, 3.05) is 13.2 Å². The van der Waals surface area contributed by atoms with Gasteiger partial charge >= 0.3 is 17.9 Å². The summed E-state index contributed by atoms with van der Waals surface area (Å²) >= 11 is 0. The largest absolute Gasteiger partial charge is 0.462 e. The zero-order valence-corrected chi connectivity index (χ0v) is 54.3. The van der Waals surface area contributed by atoms with Crippen molar-refractivity contribution in [2.45, 2.75) is 386 Å². The van der Waals surface area contributed by atoms with Gasteiger partial charge in [0.1, 0.15) is 13.2 Å². The molecule has 0 bridgehead atoms. The summed E-state index contributed by atoms with van der Waals surface area (Å²) in [6.45, 7) is 6.59. The number of ether oxygens (including phenoxy) is 3. The first-order chi connectivity index (χ1) is 40.0. The van der Waals surface area contributed by atoms with Crippen LogP contribution in [0, 0.1) is 0 Å². The summed E-state index contributed by atoms with van der Waals surface area (Å²) in [4.78, 5) is 38.5. The maximum atomic E-state index is 13.0. The third-order valence-corrected chi connectivity index (χ3v) is 16.0. The lowest BCUT2D eigenvalue weighted by atomic mass is 10.0. The number of rotatable bonds is 66. The highest BCUT2D eigenvalue weighted by Crippen LogP contribution is 2.18. The van der Waals surface area contributed by atoms with Crippen molar-refractivity contribution in [1.29, 1.82) is 0 Å². The zero-order chi connectivity index (χ0) is 58.5. The molecular formula is C75H136O6. The molecule has 0 saturated carbocycles. The Hall–Kier alpha value is -2.89. The van der Waals surface area contributed by atoms with Gasteiger partial charge in [0.25, 0.3) is 0 Å². The Morgan fingerprint density at radius 1 is 0.259 bits per heavy atom. The third kappa shape index (κ3) is 67.8. The molecule has 0 aliphatic carbocycles. The number of carbonyl (C=O) groups excluding carboxylic acids is 3. The van der Waals surface area contributed by atoms with E-state index < -0.39 is 6.10 Å². The van der Waals surface area contributed by atoms with Crippen molar-refractivity contribution >= 4 is 17.9 Å². The molecule has 0 N–H and O–H groups in total. The van der Waals surface area contributed by atoms with Gasteiger partial charge in [0.15, 0.2) is 6.10 Å². The maximum absolute atomic E-state index is 13.0. The molecule has 1 unspecified atom stereocenters. The van der Waals surface area contributed by atoms with Gasteiger partial charge in [0.05, 0.1) is 0 Å². The summed E-state index contributed by atoms with van der Waals surface area (Å²) in [6.07, 6.45) is 89.6. The fourth-order valence-electron chi connectivity index (χ4n) is 10.7. The molecule has 0 aromatic rings. The van der Waals surface area contributed by atoms with Crippen LogP contribution in [-0.4, -0.2) is 37.2 Å². The van der Waals surface area contributed by atoms with E-state index >= 15 is 0 Å². The Morgan fingerprint density at radius 2 is 0.481 bits per heavy atom. The van der Waals surface area contributed by atoms with Gasteiger partial charge in [-0.1, -0.05) is 338 Å². The second-order valence-corrected chi connectivity index (χ2v) is 24.1. The molecule has 0 amide bonds. The highest BCUT2D eigenvalue weighted by molar-refractivity contribution is 5.71. The molecule has 1 atom stereocenters. The molecule has 0 heterocycles. The normalized spacial score (nSPS) is 12.4. The minimum atomic E-state index is -0.781. The minimum absolute atomic E-state index is 0.0753. The lowest BCUT2D eigenvalue weighted by Gasteiger charge is -2.18. The van der Waals surface area contributed by atoms with Crippen LogP contribution in [0.2, 0.25) is 0 Å². The molecule has 6 nitrogen and oxygen atoms in total. The Labute approximate surface area is 504 Å². The Bertz CT molecular complexity index is 1440. The molecule has 6 heteroatoms. The summed E-state index contributed by atoms with van der Waals surface area (Å²) in [5.74, 6) is -0.864. The van der Waals surface area contributed by atoms with Crippen molar-refractivity contribution in [3.63, 3.8) is 0 Å². The number of carbonyl (C=O) groups is 3. The first-order valence-corrected chi connectivity index (χ1v) is 35.8. The molecule has 81 heavy (non-hydrogen) atoms. The molecule has 0 spiro atoms. The van der Waals surface area contributed by atoms with Gasteiger partial charge < -0.3 is 14.2 Å². The van der Waals surface area contributed by atoms with E-state index in [1.165, 1.54) is 250 Å². The Morgan fingerprint density at radius 3 is 0.765 bits per heavy atom. The number of unbranched alkanes of at least 4 members (excludes halogenated alkanes) is 45. The molecule has 0 aliphatic rings.